The highest BCUT2D eigenvalue weighted by molar-refractivity contribution is 5.16. The van der Waals surface area contributed by atoms with Crippen LogP contribution in [0.4, 0.5) is 0 Å². The Kier molecular flexibility index (Phi) is 3.16. The first-order valence-corrected chi connectivity index (χ1v) is 7.06. The second-order valence-corrected chi connectivity index (χ2v) is 5.72. The highest BCUT2D eigenvalue weighted by Gasteiger charge is 2.45. The Balaban J connectivity index is 1.64. The molecule has 1 saturated heterocycles. The first kappa shape index (κ1) is 12.2. The zero-order chi connectivity index (χ0) is 12.6. The van der Waals surface area contributed by atoms with Crippen LogP contribution in [0, 0.1) is 6.92 Å². The van der Waals surface area contributed by atoms with Gasteiger partial charge in [0.05, 0.1) is 11.8 Å². The van der Waals surface area contributed by atoms with Crippen LogP contribution in [0.5, 0.6) is 0 Å². The van der Waals surface area contributed by atoms with E-state index in [-0.39, 0.29) is 5.60 Å². The topological polar surface area (TPSA) is 39.1 Å². The summed E-state index contributed by atoms with van der Waals surface area (Å²) in [6.07, 6.45) is 8.21. The van der Waals surface area contributed by atoms with Gasteiger partial charge in [0.25, 0.3) is 0 Å². The van der Waals surface area contributed by atoms with Crippen LogP contribution in [0.1, 0.15) is 43.4 Å². The standard InChI is InChI=1S/C14H23N3O/c1-11-12(10-16-17(11)2)9-15-13-5-3-6-14(13)7-4-8-18-14/h10,13,15H,3-9H2,1-2H3. The SMILES string of the molecule is Cc1c(CNC2CCCC23CCCO3)cnn1C. The van der Waals surface area contributed by atoms with Gasteiger partial charge in [-0.2, -0.15) is 5.10 Å². The predicted molar refractivity (Wildman–Crippen MR) is 70.3 cm³/mol. The van der Waals surface area contributed by atoms with Crippen LogP contribution in [0.3, 0.4) is 0 Å². The minimum absolute atomic E-state index is 0.149. The fourth-order valence-electron chi connectivity index (χ4n) is 3.47. The Bertz CT molecular complexity index is 415. The van der Waals surface area contributed by atoms with E-state index in [1.54, 1.807) is 0 Å². The van der Waals surface area contributed by atoms with Gasteiger partial charge in [-0.3, -0.25) is 4.68 Å². The molecule has 100 valence electrons. The average Bonchev–Trinajstić information content (AvgIpc) is 3.06. The quantitative estimate of drug-likeness (QED) is 0.889. The summed E-state index contributed by atoms with van der Waals surface area (Å²) in [4.78, 5) is 0. The van der Waals surface area contributed by atoms with Gasteiger partial charge in [-0.25, -0.2) is 0 Å². The third-order valence-electron chi connectivity index (χ3n) is 4.74. The molecular weight excluding hydrogens is 226 g/mol. The van der Waals surface area contributed by atoms with E-state index in [4.69, 9.17) is 4.74 Å². The first-order valence-electron chi connectivity index (χ1n) is 7.06. The lowest BCUT2D eigenvalue weighted by Gasteiger charge is -2.31. The van der Waals surface area contributed by atoms with E-state index in [1.807, 2.05) is 17.9 Å². The Morgan fingerprint density at radius 1 is 1.50 bits per heavy atom. The smallest absolute Gasteiger partial charge is 0.0835 e. The molecule has 0 bridgehead atoms. The molecule has 0 aromatic carbocycles. The monoisotopic (exact) mass is 249 g/mol. The predicted octanol–water partition coefficient (Wildman–Crippen LogP) is 1.92. The summed E-state index contributed by atoms with van der Waals surface area (Å²) >= 11 is 0. The lowest BCUT2D eigenvalue weighted by molar-refractivity contribution is -0.0115. The molecule has 18 heavy (non-hydrogen) atoms. The van der Waals surface area contributed by atoms with Crippen molar-refractivity contribution in [1.82, 2.24) is 15.1 Å². The van der Waals surface area contributed by atoms with Crippen molar-refractivity contribution in [2.45, 2.75) is 57.2 Å². The van der Waals surface area contributed by atoms with Crippen molar-refractivity contribution < 1.29 is 4.74 Å². The van der Waals surface area contributed by atoms with Crippen molar-refractivity contribution in [1.29, 1.82) is 0 Å². The van der Waals surface area contributed by atoms with Crippen molar-refractivity contribution in [2.75, 3.05) is 6.61 Å². The lowest BCUT2D eigenvalue weighted by atomic mass is 9.94. The van der Waals surface area contributed by atoms with Gasteiger partial charge in [0.2, 0.25) is 0 Å². The van der Waals surface area contributed by atoms with Gasteiger partial charge in [0.15, 0.2) is 0 Å². The highest BCUT2D eigenvalue weighted by atomic mass is 16.5. The van der Waals surface area contributed by atoms with Crippen molar-refractivity contribution >= 4 is 0 Å². The minimum atomic E-state index is 0.149. The van der Waals surface area contributed by atoms with Crippen LogP contribution in [0.25, 0.3) is 0 Å². The van der Waals surface area contributed by atoms with Gasteiger partial charge in [0.1, 0.15) is 0 Å². The number of aromatic nitrogens is 2. The van der Waals surface area contributed by atoms with Crippen molar-refractivity contribution in [3.63, 3.8) is 0 Å². The maximum absolute atomic E-state index is 6.05. The molecule has 2 heterocycles. The zero-order valence-electron chi connectivity index (χ0n) is 11.4. The Hall–Kier alpha value is -0.870. The van der Waals surface area contributed by atoms with Crippen molar-refractivity contribution in [3.8, 4) is 0 Å². The molecule has 2 unspecified atom stereocenters. The molecule has 2 aliphatic rings. The molecular formula is C14H23N3O. The summed E-state index contributed by atoms with van der Waals surface area (Å²) in [5.41, 5.74) is 2.70. The normalized spacial score (nSPS) is 31.6. The maximum Gasteiger partial charge on any atom is 0.0835 e. The van der Waals surface area contributed by atoms with E-state index in [1.165, 1.54) is 43.4 Å². The third-order valence-corrected chi connectivity index (χ3v) is 4.74. The van der Waals surface area contributed by atoms with Crippen LogP contribution in [0.2, 0.25) is 0 Å². The average molecular weight is 249 g/mol. The van der Waals surface area contributed by atoms with Gasteiger partial charge < -0.3 is 10.1 Å². The summed E-state index contributed by atoms with van der Waals surface area (Å²) < 4.78 is 7.99. The van der Waals surface area contributed by atoms with Crippen molar-refractivity contribution in [2.24, 2.45) is 7.05 Å². The number of nitrogens with one attached hydrogen (secondary N) is 1. The molecule has 2 atom stereocenters. The van der Waals surface area contributed by atoms with Crippen LogP contribution < -0.4 is 5.32 Å². The maximum atomic E-state index is 6.05. The molecule has 4 heteroatoms. The fourth-order valence-corrected chi connectivity index (χ4v) is 3.47. The van der Waals surface area contributed by atoms with Gasteiger partial charge in [-0.15, -0.1) is 0 Å². The third kappa shape index (κ3) is 1.97. The molecule has 1 aliphatic heterocycles. The van der Waals surface area contributed by atoms with Gasteiger partial charge in [-0.1, -0.05) is 0 Å². The van der Waals surface area contributed by atoms with E-state index in [2.05, 4.69) is 17.3 Å². The van der Waals surface area contributed by atoms with E-state index in [0.29, 0.717) is 6.04 Å². The Labute approximate surface area is 109 Å². The number of ether oxygens (including phenoxy) is 1. The summed E-state index contributed by atoms with van der Waals surface area (Å²) in [7, 11) is 2.00. The lowest BCUT2D eigenvalue weighted by Crippen LogP contribution is -2.46. The Morgan fingerprint density at radius 2 is 2.33 bits per heavy atom. The van der Waals surface area contributed by atoms with Gasteiger partial charge in [-0.05, 0) is 39.0 Å². The van der Waals surface area contributed by atoms with Crippen LogP contribution in [-0.4, -0.2) is 28.0 Å². The molecule has 3 rings (SSSR count). The molecule has 1 saturated carbocycles. The summed E-state index contributed by atoms with van der Waals surface area (Å²) in [5, 5.41) is 8.00. The largest absolute Gasteiger partial charge is 0.373 e. The first-order chi connectivity index (χ1) is 8.71. The molecule has 1 aliphatic carbocycles. The molecule has 4 nitrogen and oxygen atoms in total. The number of rotatable bonds is 3. The summed E-state index contributed by atoms with van der Waals surface area (Å²) in [5.74, 6) is 0. The molecule has 1 aromatic rings. The summed E-state index contributed by atoms with van der Waals surface area (Å²) in [6.45, 7) is 3.99. The van der Waals surface area contributed by atoms with Crippen LogP contribution in [0.15, 0.2) is 6.20 Å². The Morgan fingerprint density at radius 3 is 3.00 bits per heavy atom. The zero-order valence-corrected chi connectivity index (χ0v) is 11.4. The van der Waals surface area contributed by atoms with E-state index >= 15 is 0 Å². The number of hydrogen-bond acceptors (Lipinski definition) is 3. The number of nitrogens with zero attached hydrogens (tertiary/aromatic N) is 2. The second kappa shape index (κ2) is 4.67. The van der Waals surface area contributed by atoms with E-state index in [0.717, 1.165) is 13.2 Å². The highest BCUT2D eigenvalue weighted by Crippen LogP contribution is 2.41. The van der Waals surface area contributed by atoms with Crippen LogP contribution >= 0.6 is 0 Å². The fraction of sp³-hybridized carbons (Fsp3) is 0.786. The van der Waals surface area contributed by atoms with Crippen molar-refractivity contribution in [3.05, 3.63) is 17.5 Å². The number of hydrogen-bond donors (Lipinski definition) is 1. The molecule has 1 N–H and O–H groups in total. The van der Waals surface area contributed by atoms with E-state index in [9.17, 15) is 0 Å². The molecule has 2 fully saturated rings. The molecule has 1 aromatic heterocycles. The van der Waals surface area contributed by atoms with E-state index < -0.39 is 0 Å². The molecule has 0 amide bonds. The minimum Gasteiger partial charge on any atom is -0.373 e. The molecule has 1 spiro atoms. The molecule has 0 radical (unpaired) electrons. The van der Waals surface area contributed by atoms with Gasteiger partial charge in [0, 0.05) is 37.5 Å². The number of aryl methyl sites for hydroxylation is 1. The van der Waals surface area contributed by atoms with Gasteiger partial charge >= 0.3 is 0 Å². The second-order valence-electron chi connectivity index (χ2n) is 5.72. The summed E-state index contributed by atoms with van der Waals surface area (Å²) in [6, 6.07) is 0.527. The van der Waals surface area contributed by atoms with Crippen LogP contribution in [-0.2, 0) is 18.3 Å².